The number of aromatic nitrogens is 2. The predicted molar refractivity (Wildman–Crippen MR) is 50.7 cm³/mol. The molecule has 0 fully saturated rings. The summed E-state index contributed by atoms with van der Waals surface area (Å²) in [5, 5.41) is 12.7. The number of primary amides is 1. The smallest absolute Gasteiger partial charge is 0.259 e. The minimum absolute atomic E-state index is 0.0684. The first-order chi connectivity index (χ1) is 6.54. The molecule has 0 aliphatic rings. The lowest BCUT2D eigenvalue weighted by Gasteiger charge is -1.90. The molecule has 1 aromatic heterocycles. The Labute approximate surface area is 81.4 Å². The minimum atomic E-state index is -0.726. The number of carbonyl (C=O) groups is 1. The van der Waals surface area contributed by atoms with Crippen molar-refractivity contribution in [2.75, 3.05) is 0 Å². The van der Waals surface area contributed by atoms with Crippen molar-refractivity contribution in [2.45, 2.75) is 6.92 Å². The van der Waals surface area contributed by atoms with E-state index in [1.807, 2.05) is 0 Å². The molecule has 1 heterocycles. The Morgan fingerprint density at radius 3 is 2.79 bits per heavy atom. The summed E-state index contributed by atoms with van der Waals surface area (Å²) in [5.41, 5.74) is 6.40. The van der Waals surface area contributed by atoms with Crippen molar-refractivity contribution in [3.8, 4) is 6.07 Å². The zero-order valence-electron chi connectivity index (χ0n) is 7.98. The Morgan fingerprint density at radius 2 is 2.43 bits per heavy atom. The van der Waals surface area contributed by atoms with Crippen molar-refractivity contribution in [1.29, 1.82) is 5.26 Å². The van der Waals surface area contributed by atoms with Gasteiger partial charge in [0.2, 0.25) is 0 Å². The van der Waals surface area contributed by atoms with Crippen molar-refractivity contribution in [1.82, 2.24) is 9.78 Å². The molecule has 0 spiro atoms. The number of amides is 1. The average Bonchev–Trinajstić information content (AvgIpc) is 2.40. The van der Waals surface area contributed by atoms with Crippen LogP contribution in [0.2, 0.25) is 0 Å². The predicted octanol–water partition coefficient (Wildman–Crippen LogP) is 0.121. The van der Waals surface area contributed by atoms with Gasteiger partial charge in [0, 0.05) is 18.8 Å². The van der Waals surface area contributed by atoms with Gasteiger partial charge >= 0.3 is 0 Å². The van der Waals surface area contributed by atoms with Crippen LogP contribution in [-0.2, 0) is 11.8 Å². The van der Waals surface area contributed by atoms with Gasteiger partial charge in [-0.15, -0.1) is 0 Å². The molecule has 0 unspecified atom stereocenters. The zero-order valence-corrected chi connectivity index (χ0v) is 7.98. The van der Waals surface area contributed by atoms with Crippen LogP contribution in [0.5, 0.6) is 0 Å². The van der Waals surface area contributed by atoms with Gasteiger partial charge in [-0.1, -0.05) is 0 Å². The molecule has 5 nitrogen and oxygen atoms in total. The standard InChI is InChI=1S/C9H10N4O/c1-6-8(5-13(2)12-6)3-7(4-10)9(11)14/h3,5H,1-2H3,(H2,11,14)/b7-3-. The lowest BCUT2D eigenvalue weighted by molar-refractivity contribution is -0.114. The molecular formula is C9H10N4O. The lowest BCUT2D eigenvalue weighted by Crippen LogP contribution is -2.12. The monoisotopic (exact) mass is 190 g/mol. The van der Waals surface area contributed by atoms with Gasteiger partial charge in [0.05, 0.1) is 5.69 Å². The van der Waals surface area contributed by atoms with E-state index in [0.717, 1.165) is 11.3 Å². The van der Waals surface area contributed by atoms with Crippen LogP contribution in [0.1, 0.15) is 11.3 Å². The molecule has 0 bridgehead atoms. The number of nitrogens with two attached hydrogens (primary N) is 1. The second-order valence-electron chi connectivity index (χ2n) is 2.88. The van der Waals surface area contributed by atoms with E-state index >= 15 is 0 Å². The van der Waals surface area contributed by atoms with Crippen molar-refractivity contribution in [3.05, 3.63) is 23.0 Å². The van der Waals surface area contributed by atoms with Gasteiger partial charge in [0.1, 0.15) is 11.6 Å². The fraction of sp³-hybridized carbons (Fsp3) is 0.222. The average molecular weight is 190 g/mol. The SMILES string of the molecule is Cc1nn(C)cc1/C=C(/C#N)C(N)=O. The first-order valence-corrected chi connectivity index (χ1v) is 3.96. The summed E-state index contributed by atoms with van der Waals surface area (Å²) in [6.07, 6.45) is 3.15. The van der Waals surface area contributed by atoms with Crippen LogP contribution in [0.3, 0.4) is 0 Å². The largest absolute Gasteiger partial charge is 0.365 e. The van der Waals surface area contributed by atoms with Crippen molar-refractivity contribution in [3.63, 3.8) is 0 Å². The Morgan fingerprint density at radius 1 is 1.79 bits per heavy atom. The molecule has 0 saturated heterocycles. The molecule has 2 N–H and O–H groups in total. The van der Waals surface area contributed by atoms with E-state index in [0.29, 0.717) is 0 Å². The van der Waals surface area contributed by atoms with Crippen LogP contribution in [0, 0.1) is 18.3 Å². The van der Waals surface area contributed by atoms with E-state index in [-0.39, 0.29) is 5.57 Å². The van der Waals surface area contributed by atoms with Gasteiger partial charge in [-0.25, -0.2) is 0 Å². The molecule has 0 saturated carbocycles. The van der Waals surface area contributed by atoms with Gasteiger partial charge in [-0.3, -0.25) is 9.48 Å². The van der Waals surface area contributed by atoms with Crippen molar-refractivity contribution >= 4 is 12.0 Å². The Bertz CT molecular complexity index is 436. The molecule has 1 rings (SSSR count). The van der Waals surface area contributed by atoms with Crippen LogP contribution in [0.15, 0.2) is 11.8 Å². The Kier molecular flexibility index (Phi) is 2.67. The Balaban J connectivity index is 3.14. The highest BCUT2D eigenvalue weighted by molar-refractivity contribution is 6.00. The summed E-state index contributed by atoms with van der Waals surface area (Å²) in [7, 11) is 1.76. The minimum Gasteiger partial charge on any atom is -0.365 e. The van der Waals surface area contributed by atoms with Crippen LogP contribution in [0.4, 0.5) is 0 Å². The van der Waals surface area contributed by atoms with Crippen molar-refractivity contribution in [2.24, 2.45) is 12.8 Å². The van der Waals surface area contributed by atoms with Crippen LogP contribution in [-0.4, -0.2) is 15.7 Å². The molecule has 1 aromatic rings. The fourth-order valence-electron chi connectivity index (χ4n) is 1.07. The maximum atomic E-state index is 10.8. The summed E-state index contributed by atoms with van der Waals surface area (Å²) in [6.45, 7) is 1.79. The third-order valence-electron chi connectivity index (χ3n) is 1.74. The topological polar surface area (TPSA) is 84.7 Å². The number of hydrogen-bond acceptors (Lipinski definition) is 3. The van der Waals surface area contributed by atoms with Gasteiger partial charge in [-0.05, 0) is 13.0 Å². The normalized spacial score (nSPS) is 11.1. The molecule has 72 valence electrons. The van der Waals surface area contributed by atoms with E-state index in [4.69, 9.17) is 11.0 Å². The number of nitriles is 1. The second kappa shape index (κ2) is 3.75. The van der Waals surface area contributed by atoms with E-state index < -0.39 is 5.91 Å². The molecule has 0 atom stereocenters. The summed E-state index contributed by atoms with van der Waals surface area (Å²) in [6, 6.07) is 1.74. The highest BCUT2D eigenvalue weighted by Gasteiger charge is 2.06. The molecule has 0 aliphatic heterocycles. The van der Waals surface area contributed by atoms with E-state index in [1.165, 1.54) is 6.08 Å². The number of rotatable bonds is 2. The van der Waals surface area contributed by atoms with Crippen LogP contribution in [0.25, 0.3) is 6.08 Å². The van der Waals surface area contributed by atoms with Gasteiger partial charge in [-0.2, -0.15) is 10.4 Å². The molecular weight excluding hydrogens is 180 g/mol. The maximum absolute atomic E-state index is 10.8. The molecule has 14 heavy (non-hydrogen) atoms. The number of nitrogens with zero attached hydrogens (tertiary/aromatic N) is 3. The molecule has 1 amide bonds. The number of carbonyl (C=O) groups excluding carboxylic acids is 1. The molecule has 0 radical (unpaired) electrons. The fourth-order valence-corrected chi connectivity index (χ4v) is 1.07. The van der Waals surface area contributed by atoms with E-state index in [1.54, 1.807) is 30.9 Å². The molecule has 0 aromatic carbocycles. The van der Waals surface area contributed by atoms with Crippen molar-refractivity contribution < 1.29 is 4.79 Å². The van der Waals surface area contributed by atoms with E-state index in [9.17, 15) is 4.79 Å². The molecule has 0 aliphatic carbocycles. The third kappa shape index (κ3) is 1.98. The summed E-state index contributed by atoms with van der Waals surface area (Å²) < 4.78 is 1.61. The lowest BCUT2D eigenvalue weighted by atomic mass is 10.1. The first kappa shape index (κ1) is 9.99. The van der Waals surface area contributed by atoms with Gasteiger partial charge in [0.25, 0.3) is 5.91 Å². The van der Waals surface area contributed by atoms with Gasteiger partial charge in [0.15, 0.2) is 0 Å². The summed E-state index contributed by atoms with van der Waals surface area (Å²) >= 11 is 0. The highest BCUT2D eigenvalue weighted by Crippen LogP contribution is 2.09. The Hall–Kier alpha value is -2.09. The third-order valence-corrected chi connectivity index (χ3v) is 1.74. The quantitative estimate of drug-likeness (QED) is 0.531. The number of aryl methyl sites for hydroxylation is 2. The highest BCUT2D eigenvalue weighted by atomic mass is 16.1. The van der Waals surface area contributed by atoms with E-state index in [2.05, 4.69) is 5.10 Å². The number of hydrogen-bond donors (Lipinski definition) is 1. The van der Waals surface area contributed by atoms with Crippen LogP contribution < -0.4 is 5.73 Å². The zero-order chi connectivity index (χ0) is 10.7. The van der Waals surface area contributed by atoms with Crippen LogP contribution >= 0.6 is 0 Å². The van der Waals surface area contributed by atoms with Gasteiger partial charge < -0.3 is 5.73 Å². The summed E-state index contributed by atoms with van der Waals surface area (Å²) in [5.74, 6) is -0.726. The second-order valence-corrected chi connectivity index (χ2v) is 2.88. The molecule has 5 heteroatoms. The maximum Gasteiger partial charge on any atom is 0.259 e. The summed E-state index contributed by atoms with van der Waals surface area (Å²) in [4.78, 5) is 10.8. The first-order valence-electron chi connectivity index (χ1n) is 3.96.